The quantitative estimate of drug-likeness (QED) is 0.588. The van der Waals surface area contributed by atoms with Crippen molar-refractivity contribution in [2.75, 3.05) is 40.5 Å². The average Bonchev–Trinajstić information content (AvgIpc) is 2.93. The van der Waals surface area contributed by atoms with Crippen molar-refractivity contribution in [2.45, 2.75) is 50.6 Å². The Kier molecular flexibility index (Phi) is 9.62. The van der Waals surface area contributed by atoms with Crippen molar-refractivity contribution in [3.63, 3.8) is 0 Å². The van der Waals surface area contributed by atoms with E-state index in [-0.39, 0.29) is 38.6 Å². The van der Waals surface area contributed by atoms with Gasteiger partial charge in [-0.2, -0.15) is 13.2 Å². The number of nitrogens with one attached hydrogen (secondary N) is 2. The third-order valence-corrected chi connectivity index (χ3v) is 6.94. The minimum Gasteiger partial charge on any atom is -0.496 e. The van der Waals surface area contributed by atoms with Crippen LogP contribution in [0.3, 0.4) is 0 Å². The number of ether oxygens (including phenoxy) is 4. The molecule has 2 N–H and O–H groups in total. The van der Waals surface area contributed by atoms with Crippen LogP contribution < -0.4 is 29.6 Å². The summed E-state index contributed by atoms with van der Waals surface area (Å²) in [7, 11) is 3.00. The van der Waals surface area contributed by atoms with E-state index < -0.39 is 30.7 Å². The first-order valence-electron chi connectivity index (χ1n) is 13.1. The van der Waals surface area contributed by atoms with E-state index in [9.17, 15) is 22.8 Å². The van der Waals surface area contributed by atoms with Crippen LogP contribution in [0.25, 0.3) is 0 Å². The van der Waals surface area contributed by atoms with Crippen LogP contribution in [0.1, 0.15) is 30.4 Å². The standard InChI is InChI=1S/C28H34F3N3O6/c1-37-23-7-3-18-4-8-26(35)32-15-19-5-6-20(14-24(19)38-2)40-22-9-11-34(12-10-28(29,30)31)16-21(22)33-27(36)17-39-25(23)13-18/h3,5-7,13-14,21-22H,4,8-12,15-17H2,1-2H3,(H,32,35)(H,33,36)/t21-,22+/m1/s1. The van der Waals surface area contributed by atoms with Crippen molar-refractivity contribution in [1.82, 2.24) is 15.5 Å². The Morgan fingerprint density at radius 3 is 2.58 bits per heavy atom. The molecule has 218 valence electrons. The lowest BCUT2D eigenvalue weighted by Crippen LogP contribution is -2.57. The number of hydrogen-bond donors (Lipinski definition) is 2. The van der Waals surface area contributed by atoms with Gasteiger partial charge in [-0.1, -0.05) is 6.07 Å². The van der Waals surface area contributed by atoms with Crippen LogP contribution in [0.5, 0.6) is 23.0 Å². The van der Waals surface area contributed by atoms with Crippen LogP contribution in [0, 0.1) is 0 Å². The minimum absolute atomic E-state index is 0.141. The highest BCUT2D eigenvalue weighted by Crippen LogP contribution is 2.30. The molecule has 3 heterocycles. The molecule has 4 bridgehead atoms. The molecule has 0 aliphatic carbocycles. The Hall–Kier alpha value is -3.67. The predicted octanol–water partition coefficient (Wildman–Crippen LogP) is 3.24. The normalized spacial score (nSPS) is 20.9. The van der Waals surface area contributed by atoms with Gasteiger partial charge in [-0.25, -0.2) is 0 Å². The molecule has 2 aromatic carbocycles. The Labute approximate surface area is 230 Å². The van der Waals surface area contributed by atoms with Gasteiger partial charge in [0.25, 0.3) is 5.91 Å². The van der Waals surface area contributed by atoms with Crippen molar-refractivity contribution in [2.24, 2.45) is 0 Å². The van der Waals surface area contributed by atoms with E-state index in [1.165, 1.54) is 14.2 Å². The van der Waals surface area contributed by atoms with Crippen LogP contribution in [-0.2, 0) is 22.6 Å². The number of rotatable bonds is 4. The zero-order chi connectivity index (χ0) is 28.7. The summed E-state index contributed by atoms with van der Waals surface area (Å²) in [4.78, 5) is 27.2. The Bertz CT molecular complexity index is 1190. The number of alkyl halides is 3. The number of benzene rings is 2. The topological polar surface area (TPSA) is 98.4 Å². The smallest absolute Gasteiger partial charge is 0.390 e. The summed E-state index contributed by atoms with van der Waals surface area (Å²) in [6.07, 6.45) is -4.62. The molecule has 0 radical (unpaired) electrons. The Morgan fingerprint density at radius 1 is 1.02 bits per heavy atom. The fourth-order valence-electron chi connectivity index (χ4n) is 4.81. The molecule has 1 fully saturated rings. The largest absolute Gasteiger partial charge is 0.496 e. The first-order valence-corrected chi connectivity index (χ1v) is 13.1. The number of amides is 2. The minimum atomic E-state index is -4.27. The van der Waals surface area contributed by atoms with Gasteiger partial charge in [0.2, 0.25) is 5.91 Å². The van der Waals surface area contributed by atoms with Gasteiger partial charge in [-0.3, -0.25) is 9.59 Å². The second-order valence-corrected chi connectivity index (χ2v) is 9.81. The molecule has 2 atom stereocenters. The molecule has 1 saturated heterocycles. The maximum Gasteiger partial charge on any atom is 0.390 e. The summed E-state index contributed by atoms with van der Waals surface area (Å²) < 4.78 is 61.4. The molecule has 0 saturated carbocycles. The summed E-state index contributed by atoms with van der Waals surface area (Å²) in [5, 5.41) is 5.79. The average molecular weight is 566 g/mol. The summed E-state index contributed by atoms with van der Waals surface area (Å²) >= 11 is 0. The number of aryl methyl sites for hydroxylation is 1. The molecule has 0 aromatic heterocycles. The monoisotopic (exact) mass is 565 g/mol. The summed E-state index contributed by atoms with van der Waals surface area (Å²) in [6.45, 7) is 0.322. The summed E-state index contributed by atoms with van der Waals surface area (Å²) in [5.74, 6) is 1.19. The second kappa shape index (κ2) is 13.1. The lowest BCUT2D eigenvalue weighted by molar-refractivity contribution is -0.140. The predicted molar refractivity (Wildman–Crippen MR) is 140 cm³/mol. The molecule has 2 aromatic rings. The number of carbonyl (C=O) groups excluding carboxylic acids is 2. The Balaban J connectivity index is 1.59. The molecular formula is C28H34F3N3O6. The van der Waals surface area contributed by atoms with Crippen molar-refractivity contribution in [1.29, 1.82) is 0 Å². The molecule has 2 amide bonds. The molecule has 12 heteroatoms. The van der Waals surface area contributed by atoms with Gasteiger partial charge < -0.3 is 34.5 Å². The molecule has 9 nitrogen and oxygen atoms in total. The molecule has 5 rings (SSSR count). The number of methoxy groups -OCH3 is 2. The molecule has 3 aliphatic rings. The van der Waals surface area contributed by atoms with Crippen LogP contribution >= 0.6 is 0 Å². The highest BCUT2D eigenvalue weighted by molar-refractivity contribution is 5.78. The Morgan fingerprint density at radius 2 is 1.82 bits per heavy atom. The van der Waals surface area contributed by atoms with Gasteiger partial charge in [-0.15, -0.1) is 0 Å². The van der Waals surface area contributed by atoms with E-state index in [0.29, 0.717) is 42.4 Å². The van der Waals surface area contributed by atoms with Gasteiger partial charge in [0.15, 0.2) is 18.1 Å². The van der Waals surface area contributed by atoms with Crippen molar-refractivity contribution in [3.05, 3.63) is 47.5 Å². The van der Waals surface area contributed by atoms with E-state index in [4.69, 9.17) is 18.9 Å². The number of halogens is 3. The van der Waals surface area contributed by atoms with Gasteiger partial charge in [-0.05, 0) is 42.7 Å². The van der Waals surface area contributed by atoms with Crippen LogP contribution in [0.4, 0.5) is 13.2 Å². The number of carbonyl (C=O) groups is 2. The van der Waals surface area contributed by atoms with E-state index in [1.807, 2.05) is 6.07 Å². The number of piperidine rings is 1. The molecular weight excluding hydrogens is 531 g/mol. The van der Waals surface area contributed by atoms with E-state index in [2.05, 4.69) is 10.6 Å². The number of fused-ring (bicyclic) bond motifs is 9. The first kappa shape index (κ1) is 29.3. The third-order valence-electron chi connectivity index (χ3n) is 6.94. The molecule has 0 unspecified atom stereocenters. The fraction of sp³-hybridized carbons (Fsp3) is 0.500. The maximum absolute atomic E-state index is 13.0. The number of likely N-dealkylation sites (tertiary alicyclic amines) is 1. The van der Waals surface area contributed by atoms with E-state index in [0.717, 1.165) is 11.1 Å². The second-order valence-electron chi connectivity index (χ2n) is 9.81. The summed E-state index contributed by atoms with van der Waals surface area (Å²) in [6, 6.07) is 9.90. The van der Waals surface area contributed by atoms with Crippen LogP contribution in [0.15, 0.2) is 36.4 Å². The fourth-order valence-corrected chi connectivity index (χ4v) is 4.81. The van der Waals surface area contributed by atoms with Gasteiger partial charge in [0.1, 0.15) is 17.6 Å². The summed E-state index contributed by atoms with van der Waals surface area (Å²) in [5.41, 5.74) is 1.58. The van der Waals surface area contributed by atoms with Crippen molar-refractivity contribution in [3.8, 4) is 23.0 Å². The highest BCUT2D eigenvalue weighted by atomic mass is 19.4. The van der Waals surface area contributed by atoms with Gasteiger partial charge >= 0.3 is 6.18 Å². The SMILES string of the molecule is COc1cc2ccc1CNC(=O)CCc1ccc(OC)c(c1)OCC(=O)N[C@@H]1CN(CCC(F)(F)F)CC[C@@H]1O2. The number of hydrogen-bond acceptors (Lipinski definition) is 7. The van der Waals surface area contributed by atoms with Gasteiger partial charge in [0, 0.05) is 44.2 Å². The molecule has 3 aliphatic heterocycles. The lowest BCUT2D eigenvalue weighted by Gasteiger charge is -2.39. The maximum atomic E-state index is 13.0. The highest BCUT2D eigenvalue weighted by Gasteiger charge is 2.35. The van der Waals surface area contributed by atoms with Crippen molar-refractivity contribution < 1.29 is 41.7 Å². The lowest BCUT2D eigenvalue weighted by atomic mass is 10.0. The van der Waals surface area contributed by atoms with E-state index >= 15 is 0 Å². The zero-order valence-electron chi connectivity index (χ0n) is 22.5. The van der Waals surface area contributed by atoms with Crippen LogP contribution in [0.2, 0.25) is 0 Å². The van der Waals surface area contributed by atoms with Crippen molar-refractivity contribution >= 4 is 11.8 Å². The molecule has 0 spiro atoms. The first-order chi connectivity index (χ1) is 19.1. The number of nitrogens with zero attached hydrogens (tertiary/aromatic N) is 1. The molecule has 40 heavy (non-hydrogen) atoms. The third kappa shape index (κ3) is 8.17. The van der Waals surface area contributed by atoms with E-state index in [1.54, 1.807) is 35.2 Å². The van der Waals surface area contributed by atoms with Crippen LogP contribution in [-0.4, -0.2) is 75.5 Å². The van der Waals surface area contributed by atoms with Gasteiger partial charge in [0.05, 0.1) is 26.7 Å². The zero-order valence-corrected chi connectivity index (χ0v) is 22.5.